The molecule has 0 aliphatic heterocycles. The third-order valence-corrected chi connectivity index (χ3v) is 4.17. The van der Waals surface area contributed by atoms with Crippen molar-refractivity contribution in [3.8, 4) is 5.75 Å². The maximum absolute atomic E-state index is 12.2. The van der Waals surface area contributed by atoms with E-state index in [1.807, 2.05) is 31.2 Å². The van der Waals surface area contributed by atoms with Crippen LogP contribution >= 0.6 is 23.2 Å². The van der Waals surface area contributed by atoms with E-state index in [0.29, 0.717) is 21.5 Å². The topological polar surface area (TPSA) is 51.5 Å². The largest absolute Gasteiger partial charge is 0.486 e. The van der Waals surface area contributed by atoms with Crippen molar-refractivity contribution in [2.24, 2.45) is 0 Å². The molecule has 0 spiro atoms. The van der Waals surface area contributed by atoms with E-state index >= 15 is 0 Å². The first-order chi connectivity index (χ1) is 12.0. The minimum absolute atomic E-state index is 0.189. The van der Waals surface area contributed by atoms with Crippen molar-refractivity contribution in [3.63, 3.8) is 0 Å². The van der Waals surface area contributed by atoms with Crippen LogP contribution in [0, 0.1) is 6.92 Å². The molecule has 128 valence electrons. The van der Waals surface area contributed by atoms with Gasteiger partial charge in [0.15, 0.2) is 5.76 Å². The molecule has 0 aliphatic rings. The van der Waals surface area contributed by atoms with Crippen molar-refractivity contribution in [1.29, 1.82) is 0 Å². The Hall–Kier alpha value is -2.43. The smallest absolute Gasteiger partial charge is 0.291 e. The van der Waals surface area contributed by atoms with Crippen molar-refractivity contribution >= 4 is 34.8 Å². The first-order valence-corrected chi connectivity index (χ1v) is 8.31. The van der Waals surface area contributed by atoms with Crippen molar-refractivity contribution in [1.82, 2.24) is 0 Å². The predicted molar refractivity (Wildman–Crippen MR) is 98.6 cm³/mol. The highest BCUT2D eigenvalue weighted by atomic mass is 35.5. The second kappa shape index (κ2) is 7.64. The van der Waals surface area contributed by atoms with Crippen LogP contribution in [0.3, 0.4) is 0 Å². The number of benzene rings is 2. The van der Waals surface area contributed by atoms with Crippen molar-refractivity contribution < 1.29 is 13.9 Å². The summed E-state index contributed by atoms with van der Waals surface area (Å²) < 4.78 is 11.2. The van der Waals surface area contributed by atoms with Crippen molar-refractivity contribution in [2.75, 3.05) is 5.32 Å². The molecule has 25 heavy (non-hydrogen) atoms. The van der Waals surface area contributed by atoms with Gasteiger partial charge in [0.2, 0.25) is 0 Å². The molecule has 4 nitrogen and oxygen atoms in total. The van der Waals surface area contributed by atoms with Crippen LogP contribution in [0.15, 0.2) is 59.0 Å². The molecular weight excluding hydrogens is 361 g/mol. The number of aryl methyl sites for hydroxylation is 1. The average molecular weight is 376 g/mol. The molecular formula is C19H15Cl2NO3. The molecule has 2 aromatic carbocycles. The quantitative estimate of drug-likeness (QED) is 0.619. The maximum Gasteiger partial charge on any atom is 0.291 e. The molecule has 0 saturated heterocycles. The number of carbonyl (C=O) groups is 1. The van der Waals surface area contributed by atoms with E-state index in [-0.39, 0.29) is 18.3 Å². The number of nitrogens with one attached hydrogen (secondary N) is 1. The van der Waals surface area contributed by atoms with Crippen LogP contribution in [0.5, 0.6) is 5.75 Å². The second-order valence-corrected chi connectivity index (χ2v) is 6.27. The summed E-state index contributed by atoms with van der Waals surface area (Å²) in [6.07, 6.45) is 0. The molecule has 0 saturated carbocycles. The van der Waals surface area contributed by atoms with E-state index in [4.69, 9.17) is 32.4 Å². The lowest BCUT2D eigenvalue weighted by molar-refractivity contribution is 0.0992. The Balaban J connectivity index is 1.62. The fourth-order valence-corrected chi connectivity index (χ4v) is 2.50. The van der Waals surface area contributed by atoms with Crippen molar-refractivity contribution in [2.45, 2.75) is 13.5 Å². The number of anilines is 1. The number of rotatable bonds is 5. The summed E-state index contributed by atoms with van der Waals surface area (Å²) in [6, 6.07) is 15.9. The monoisotopic (exact) mass is 375 g/mol. The number of hydrogen-bond donors (Lipinski definition) is 1. The van der Waals surface area contributed by atoms with E-state index < -0.39 is 0 Å². The molecule has 1 aromatic heterocycles. The molecule has 0 unspecified atom stereocenters. The van der Waals surface area contributed by atoms with Gasteiger partial charge in [-0.3, -0.25) is 4.79 Å². The van der Waals surface area contributed by atoms with E-state index in [9.17, 15) is 4.79 Å². The van der Waals surface area contributed by atoms with Gasteiger partial charge in [-0.1, -0.05) is 35.3 Å². The molecule has 1 heterocycles. The third kappa shape index (κ3) is 4.56. The molecule has 0 atom stereocenters. The van der Waals surface area contributed by atoms with E-state index in [2.05, 4.69) is 5.32 Å². The van der Waals surface area contributed by atoms with Gasteiger partial charge in [-0.15, -0.1) is 0 Å². The summed E-state index contributed by atoms with van der Waals surface area (Å²) in [5, 5.41) is 3.50. The molecule has 0 aliphatic carbocycles. The zero-order chi connectivity index (χ0) is 17.8. The fraction of sp³-hybridized carbons (Fsp3) is 0.105. The predicted octanol–water partition coefficient (Wildman–Crippen LogP) is 5.73. The SMILES string of the molecule is Cc1cccc(OCc2ccc(C(=O)Nc3ccc(Cl)c(Cl)c3)o2)c1. The van der Waals surface area contributed by atoms with E-state index in [1.54, 1.807) is 30.3 Å². The number of halogens is 2. The molecule has 0 fully saturated rings. The first-order valence-electron chi connectivity index (χ1n) is 7.56. The number of ether oxygens (including phenoxy) is 1. The first kappa shape index (κ1) is 17.4. The standard InChI is InChI=1S/C19H15Cl2NO3/c1-12-3-2-4-14(9-12)24-11-15-6-8-18(25-15)19(23)22-13-5-7-16(20)17(21)10-13/h2-10H,11H2,1H3,(H,22,23). The molecule has 1 N–H and O–H groups in total. The Labute approximate surface area is 155 Å². The Bertz CT molecular complexity index is 905. The van der Waals surface area contributed by atoms with Gasteiger partial charge < -0.3 is 14.5 Å². The number of furan rings is 1. The molecule has 1 amide bonds. The Kier molecular flexibility index (Phi) is 5.31. The minimum Gasteiger partial charge on any atom is -0.486 e. The highest BCUT2D eigenvalue weighted by molar-refractivity contribution is 6.42. The normalized spacial score (nSPS) is 10.5. The van der Waals surface area contributed by atoms with Gasteiger partial charge in [-0.05, 0) is 55.0 Å². The molecule has 0 bridgehead atoms. The fourth-order valence-electron chi connectivity index (χ4n) is 2.20. The van der Waals surface area contributed by atoms with Crippen LogP contribution < -0.4 is 10.1 Å². The lowest BCUT2D eigenvalue weighted by Crippen LogP contribution is -2.10. The van der Waals surface area contributed by atoms with E-state index in [1.165, 1.54) is 0 Å². The van der Waals surface area contributed by atoms with Gasteiger partial charge in [0.1, 0.15) is 18.1 Å². The summed E-state index contributed by atoms with van der Waals surface area (Å²) in [6.45, 7) is 2.23. The Morgan fingerprint density at radius 1 is 1.08 bits per heavy atom. The second-order valence-electron chi connectivity index (χ2n) is 5.45. The highest BCUT2D eigenvalue weighted by Crippen LogP contribution is 2.25. The summed E-state index contributed by atoms with van der Waals surface area (Å²) in [7, 11) is 0. The summed E-state index contributed by atoms with van der Waals surface area (Å²) in [5.41, 5.74) is 1.65. The highest BCUT2D eigenvalue weighted by Gasteiger charge is 2.12. The minimum atomic E-state index is -0.375. The van der Waals surface area contributed by atoms with Gasteiger partial charge in [0.05, 0.1) is 10.0 Å². The summed E-state index contributed by atoms with van der Waals surface area (Å²) in [5.74, 6) is 1.12. The number of amides is 1. The summed E-state index contributed by atoms with van der Waals surface area (Å²) >= 11 is 11.8. The van der Waals surface area contributed by atoms with E-state index in [0.717, 1.165) is 11.3 Å². The molecule has 3 rings (SSSR count). The van der Waals surface area contributed by atoms with Gasteiger partial charge in [-0.25, -0.2) is 0 Å². The zero-order valence-electron chi connectivity index (χ0n) is 13.4. The Morgan fingerprint density at radius 3 is 2.68 bits per heavy atom. The van der Waals surface area contributed by atoms with Crippen LogP contribution in [-0.2, 0) is 6.61 Å². The van der Waals surface area contributed by atoms with Crippen LogP contribution in [0.1, 0.15) is 21.9 Å². The lowest BCUT2D eigenvalue weighted by atomic mass is 10.2. The Morgan fingerprint density at radius 2 is 1.92 bits per heavy atom. The lowest BCUT2D eigenvalue weighted by Gasteiger charge is -2.05. The maximum atomic E-state index is 12.2. The van der Waals surface area contributed by atoms with Gasteiger partial charge in [0.25, 0.3) is 5.91 Å². The average Bonchev–Trinajstić information content (AvgIpc) is 3.06. The van der Waals surface area contributed by atoms with Gasteiger partial charge in [0, 0.05) is 5.69 Å². The number of hydrogen-bond acceptors (Lipinski definition) is 3. The van der Waals surface area contributed by atoms with Gasteiger partial charge >= 0.3 is 0 Å². The molecule has 3 aromatic rings. The van der Waals surface area contributed by atoms with Crippen LogP contribution in [0.4, 0.5) is 5.69 Å². The van der Waals surface area contributed by atoms with Crippen molar-refractivity contribution in [3.05, 3.63) is 81.7 Å². The summed E-state index contributed by atoms with van der Waals surface area (Å²) in [4.78, 5) is 12.2. The molecule has 6 heteroatoms. The van der Waals surface area contributed by atoms with Gasteiger partial charge in [-0.2, -0.15) is 0 Å². The molecule has 0 radical (unpaired) electrons. The van der Waals surface area contributed by atoms with Crippen LogP contribution in [0.25, 0.3) is 0 Å². The van der Waals surface area contributed by atoms with Crippen LogP contribution in [0.2, 0.25) is 10.0 Å². The van der Waals surface area contributed by atoms with Crippen LogP contribution in [-0.4, -0.2) is 5.91 Å². The third-order valence-electron chi connectivity index (χ3n) is 3.43. The zero-order valence-corrected chi connectivity index (χ0v) is 14.9. The number of carbonyl (C=O) groups excluding carboxylic acids is 1.